The molecule has 246 valence electrons. The zero-order valence-electron chi connectivity index (χ0n) is 25.0. The van der Waals surface area contributed by atoms with Crippen molar-refractivity contribution in [3.63, 3.8) is 0 Å². The highest BCUT2D eigenvalue weighted by molar-refractivity contribution is 5.95. The lowest BCUT2D eigenvalue weighted by Crippen LogP contribution is -2.55. The van der Waals surface area contributed by atoms with Crippen LogP contribution in [0.2, 0.25) is 0 Å². The van der Waals surface area contributed by atoms with Crippen molar-refractivity contribution in [1.29, 1.82) is 5.41 Å². The molecule has 1 aromatic rings. The summed E-state index contributed by atoms with van der Waals surface area (Å²) in [6.07, 6.45) is 4.61. The average molecular weight is 631 g/mol. The van der Waals surface area contributed by atoms with Crippen molar-refractivity contribution in [3.05, 3.63) is 48.0 Å². The zero-order chi connectivity index (χ0) is 33.4. The van der Waals surface area contributed by atoms with Crippen LogP contribution in [0.4, 0.5) is 4.79 Å². The van der Waals surface area contributed by atoms with Crippen LogP contribution in [0.1, 0.15) is 62.5 Å². The normalized spacial score (nSPS) is 14.9. The van der Waals surface area contributed by atoms with Gasteiger partial charge in [0.15, 0.2) is 0 Å². The minimum atomic E-state index is -1.41. The first kappa shape index (κ1) is 36.2. The molecule has 15 heteroatoms. The van der Waals surface area contributed by atoms with Gasteiger partial charge in [0.05, 0.1) is 6.54 Å². The average Bonchev–Trinajstić information content (AvgIpc) is 3.00. The predicted molar refractivity (Wildman–Crippen MR) is 162 cm³/mol. The Balaban J connectivity index is 2.10. The molecule has 2 rings (SSSR count). The first-order valence-electron chi connectivity index (χ1n) is 14.7. The maximum atomic E-state index is 13.3. The van der Waals surface area contributed by atoms with Crippen LogP contribution >= 0.6 is 0 Å². The number of hydrogen-bond acceptors (Lipinski definition) is 8. The monoisotopic (exact) mass is 630 g/mol. The highest BCUT2D eigenvalue weighted by atomic mass is 16.5. The molecule has 3 atom stereocenters. The Kier molecular flexibility index (Phi) is 15.0. The van der Waals surface area contributed by atoms with Crippen molar-refractivity contribution in [2.75, 3.05) is 13.2 Å². The summed E-state index contributed by atoms with van der Waals surface area (Å²) in [4.78, 5) is 74.1. The molecule has 0 heterocycles. The minimum Gasteiger partial charge on any atom is -0.481 e. The van der Waals surface area contributed by atoms with Crippen LogP contribution in [0.25, 0.3) is 0 Å². The number of alkyl carbamates (subject to hydrolysis) is 1. The van der Waals surface area contributed by atoms with Crippen LogP contribution in [0, 0.1) is 11.3 Å². The third-order valence-electron chi connectivity index (χ3n) is 7.28. The molecule has 45 heavy (non-hydrogen) atoms. The zero-order valence-corrected chi connectivity index (χ0v) is 25.0. The number of carboxylic acid groups (broad SMARTS) is 2. The fourth-order valence-corrected chi connectivity index (χ4v) is 4.91. The highest BCUT2D eigenvalue weighted by Gasteiger charge is 2.29. The smallest absolute Gasteiger partial charge is 0.408 e. The van der Waals surface area contributed by atoms with Crippen LogP contribution in [0.5, 0.6) is 0 Å². The molecule has 0 radical (unpaired) electrons. The number of nitrogens with two attached hydrogens (primary N) is 1. The second-order valence-electron chi connectivity index (χ2n) is 10.8. The fourth-order valence-electron chi connectivity index (χ4n) is 4.91. The molecule has 9 N–H and O–H groups in total. The van der Waals surface area contributed by atoms with E-state index < -0.39 is 66.8 Å². The highest BCUT2D eigenvalue weighted by Crippen LogP contribution is 2.27. The summed E-state index contributed by atoms with van der Waals surface area (Å²) >= 11 is 0. The van der Waals surface area contributed by atoms with Gasteiger partial charge in [-0.25, -0.2) is 9.59 Å². The topological polar surface area (TPSA) is 250 Å². The van der Waals surface area contributed by atoms with E-state index >= 15 is 0 Å². The number of benzene rings is 1. The van der Waals surface area contributed by atoms with Gasteiger partial charge in [0.1, 0.15) is 30.6 Å². The summed E-state index contributed by atoms with van der Waals surface area (Å²) in [5.41, 5.74) is 6.49. The molecule has 1 saturated carbocycles. The van der Waals surface area contributed by atoms with E-state index in [1.54, 1.807) is 24.3 Å². The Morgan fingerprint density at radius 1 is 0.956 bits per heavy atom. The molecule has 4 amide bonds. The largest absolute Gasteiger partial charge is 0.481 e. The van der Waals surface area contributed by atoms with Gasteiger partial charge in [-0.1, -0.05) is 69.0 Å². The summed E-state index contributed by atoms with van der Waals surface area (Å²) in [7, 11) is 0. The van der Waals surface area contributed by atoms with E-state index in [-0.39, 0.29) is 37.6 Å². The Labute approximate surface area is 260 Å². The van der Waals surface area contributed by atoms with Gasteiger partial charge in [0.25, 0.3) is 0 Å². The van der Waals surface area contributed by atoms with Gasteiger partial charge < -0.3 is 42.0 Å². The van der Waals surface area contributed by atoms with E-state index in [1.807, 2.05) is 0 Å². The van der Waals surface area contributed by atoms with Gasteiger partial charge in [0.2, 0.25) is 17.7 Å². The maximum absolute atomic E-state index is 13.3. The molecule has 1 fully saturated rings. The Bertz CT molecular complexity index is 1230. The molecule has 1 aliphatic rings. The minimum absolute atomic E-state index is 0.0690. The summed E-state index contributed by atoms with van der Waals surface area (Å²) < 4.78 is 4.92. The standard InChI is InChI=1S/C30H42N6O9/c1-2-14-45-30(44)36-22(15-19-8-10-20(11-9-19)26(31)32)28(41)35-21(12-13-25(38)39)27(40)33-17-24(37)34-23(29(42)43)16-18-6-4-3-5-7-18/h2,8-11,18,21-23H,1,3-7,12-17H2,(H3,31,32)(H,33,40)(H,34,37)(H,35,41)(H,36,44)(H,38,39)(H,42,43)/t21-,22-,23-/m0/s1. The van der Waals surface area contributed by atoms with Crippen LogP contribution in [-0.4, -0.2) is 83.1 Å². The number of amidine groups is 1. The first-order valence-corrected chi connectivity index (χ1v) is 14.7. The predicted octanol–water partition coefficient (Wildman–Crippen LogP) is 0.800. The van der Waals surface area contributed by atoms with E-state index in [4.69, 9.17) is 15.9 Å². The molecule has 1 aliphatic carbocycles. The third kappa shape index (κ3) is 13.5. The summed E-state index contributed by atoms with van der Waals surface area (Å²) in [5, 5.41) is 35.9. The quantitative estimate of drug-likeness (QED) is 0.0643. The van der Waals surface area contributed by atoms with Gasteiger partial charge in [0, 0.05) is 18.4 Å². The SMILES string of the molecule is C=CCOC(=O)N[C@@H](Cc1ccc(C(=N)N)cc1)C(=O)N[C@@H](CCC(=O)O)C(=O)NCC(=O)N[C@@H](CC1CCCCC1)C(=O)O. The van der Waals surface area contributed by atoms with Crippen molar-refractivity contribution in [2.45, 2.75) is 75.9 Å². The Morgan fingerprint density at radius 3 is 2.20 bits per heavy atom. The number of ether oxygens (including phenoxy) is 1. The van der Waals surface area contributed by atoms with Gasteiger partial charge in [-0.3, -0.25) is 24.6 Å². The summed E-state index contributed by atoms with van der Waals surface area (Å²) in [6.45, 7) is 2.71. The number of carbonyl (C=O) groups excluding carboxylic acids is 4. The molecule has 0 spiro atoms. The van der Waals surface area contributed by atoms with Gasteiger partial charge in [-0.15, -0.1) is 0 Å². The van der Waals surface area contributed by atoms with E-state index in [0.717, 1.165) is 32.1 Å². The van der Waals surface area contributed by atoms with Crippen molar-refractivity contribution in [3.8, 4) is 0 Å². The number of aliphatic carboxylic acids is 2. The van der Waals surface area contributed by atoms with Crippen molar-refractivity contribution in [2.24, 2.45) is 11.7 Å². The second kappa shape index (κ2) is 18.7. The van der Waals surface area contributed by atoms with Gasteiger partial charge >= 0.3 is 18.0 Å². The van der Waals surface area contributed by atoms with Crippen LogP contribution in [-0.2, 0) is 35.1 Å². The lowest BCUT2D eigenvalue weighted by atomic mass is 9.85. The second-order valence-corrected chi connectivity index (χ2v) is 10.8. The van der Waals surface area contributed by atoms with E-state index in [1.165, 1.54) is 6.08 Å². The molecule has 1 aromatic carbocycles. The van der Waals surface area contributed by atoms with Crippen molar-refractivity contribution >= 4 is 41.6 Å². The summed E-state index contributed by atoms with van der Waals surface area (Å²) in [5.74, 6) is -4.88. The fraction of sp³-hybridized carbons (Fsp3) is 0.500. The third-order valence-corrected chi connectivity index (χ3v) is 7.28. The molecule has 0 saturated heterocycles. The van der Waals surface area contributed by atoms with Crippen LogP contribution < -0.4 is 27.0 Å². The van der Waals surface area contributed by atoms with Crippen LogP contribution in [0.3, 0.4) is 0 Å². The number of nitrogens with one attached hydrogen (secondary N) is 5. The lowest BCUT2D eigenvalue weighted by Gasteiger charge is -2.25. The molecule has 0 unspecified atom stereocenters. The molecule has 0 aromatic heterocycles. The van der Waals surface area contributed by atoms with Gasteiger partial charge in [-0.2, -0.15) is 0 Å². The number of carboxylic acids is 2. The van der Waals surface area contributed by atoms with Crippen molar-refractivity contribution < 1.29 is 43.7 Å². The maximum Gasteiger partial charge on any atom is 0.408 e. The molecule has 15 nitrogen and oxygen atoms in total. The van der Waals surface area contributed by atoms with E-state index in [0.29, 0.717) is 11.1 Å². The van der Waals surface area contributed by atoms with E-state index in [2.05, 4.69) is 27.8 Å². The van der Waals surface area contributed by atoms with Gasteiger partial charge in [-0.05, 0) is 24.3 Å². The number of amides is 4. The van der Waals surface area contributed by atoms with Crippen LogP contribution in [0.15, 0.2) is 36.9 Å². The Morgan fingerprint density at radius 2 is 1.62 bits per heavy atom. The molecule has 0 bridgehead atoms. The Hall–Kier alpha value is -4.95. The van der Waals surface area contributed by atoms with E-state index in [9.17, 15) is 39.0 Å². The lowest BCUT2D eigenvalue weighted by molar-refractivity contribution is -0.142. The first-order chi connectivity index (χ1) is 21.4. The number of nitrogen functional groups attached to an aromatic ring is 1. The number of carbonyl (C=O) groups is 6. The molecular weight excluding hydrogens is 588 g/mol. The summed E-state index contributed by atoms with van der Waals surface area (Å²) in [6, 6.07) is 2.50. The number of hydrogen-bond donors (Lipinski definition) is 8. The molecule has 0 aliphatic heterocycles. The van der Waals surface area contributed by atoms with Crippen molar-refractivity contribution in [1.82, 2.24) is 21.3 Å². The molecular formula is C30H42N6O9. The number of rotatable bonds is 18.